The molecule has 0 saturated heterocycles. The second kappa shape index (κ2) is 7.25. The number of carbonyl (C=O) groups is 1. The Bertz CT molecular complexity index is 886. The Balaban J connectivity index is 1.63. The van der Waals surface area contributed by atoms with Crippen molar-refractivity contribution in [2.75, 3.05) is 12.9 Å². The van der Waals surface area contributed by atoms with Crippen LogP contribution in [-0.2, 0) is 4.79 Å². The van der Waals surface area contributed by atoms with E-state index in [9.17, 15) is 4.79 Å². The first-order valence-electron chi connectivity index (χ1n) is 8.30. The highest BCUT2D eigenvalue weighted by molar-refractivity contribution is 7.99. The standard InChI is InChI=1S/C18H18N4O3S/c1-24-14-8-6-13(7-9-14)22-17(15-3-2-10-25-15)20-21-18(22)26-11-16(23)19-12-4-5-12/h2-3,6-10,12H,4-5,11H2,1H3,(H,19,23). The van der Waals surface area contributed by atoms with E-state index in [-0.39, 0.29) is 5.91 Å². The first-order valence-corrected chi connectivity index (χ1v) is 9.29. The lowest BCUT2D eigenvalue weighted by Crippen LogP contribution is -2.27. The van der Waals surface area contributed by atoms with Gasteiger partial charge in [0.1, 0.15) is 5.75 Å². The van der Waals surface area contributed by atoms with Gasteiger partial charge in [-0.25, -0.2) is 0 Å². The molecule has 2 heterocycles. The van der Waals surface area contributed by atoms with Gasteiger partial charge in [-0.2, -0.15) is 0 Å². The number of nitrogens with zero attached hydrogens (tertiary/aromatic N) is 3. The van der Waals surface area contributed by atoms with Crippen molar-refractivity contribution in [2.24, 2.45) is 0 Å². The van der Waals surface area contributed by atoms with Crippen LogP contribution in [0.4, 0.5) is 0 Å². The Kier molecular flexibility index (Phi) is 4.66. The van der Waals surface area contributed by atoms with Crippen LogP contribution in [0.25, 0.3) is 17.3 Å². The van der Waals surface area contributed by atoms with Gasteiger partial charge in [-0.05, 0) is 49.2 Å². The van der Waals surface area contributed by atoms with E-state index in [1.165, 1.54) is 11.8 Å². The summed E-state index contributed by atoms with van der Waals surface area (Å²) < 4.78 is 12.6. The molecule has 0 bridgehead atoms. The summed E-state index contributed by atoms with van der Waals surface area (Å²) in [6.45, 7) is 0. The first kappa shape index (κ1) is 16.7. The smallest absolute Gasteiger partial charge is 0.230 e. The number of hydrogen-bond donors (Lipinski definition) is 1. The Hall–Kier alpha value is -2.74. The lowest BCUT2D eigenvalue weighted by atomic mass is 10.3. The molecule has 0 aliphatic heterocycles. The van der Waals surface area contributed by atoms with Crippen LogP contribution in [0.2, 0.25) is 0 Å². The van der Waals surface area contributed by atoms with E-state index in [4.69, 9.17) is 9.15 Å². The lowest BCUT2D eigenvalue weighted by molar-refractivity contribution is -0.118. The summed E-state index contributed by atoms with van der Waals surface area (Å²) in [6, 6.07) is 11.6. The molecule has 1 amide bonds. The number of ether oxygens (including phenoxy) is 1. The summed E-state index contributed by atoms with van der Waals surface area (Å²) in [5.41, 5.74) is 0.868. The maximum absolute atomic E-state index is 12.0. The highest BCUT2D eigenvalue weighted by Crippen LogP contribution is 2.29. The van der Waals surface area contributed by atoms with Gasteiger partial charge in [-0.1, -0.05) is 11.8 Å². The van der Waals surface area contributed by atoms with Gasteiger partial charge in [0.15, 0.2) is 10.9 Å². The van der Waals surface area contributed by atoms with Crippen LogP contribution in [0.1, 0.15) is 12.8 Å². The molecule has 0 radical (unpaired) electrons. The van der Waals surface area contributed by atoms with Crippen molar-refractivity contribution < 1.29 is 13.9 Å². The molecule has 134 valence electrons. The van der Waals surface area contributed by atoms with Crippen molar-refractivity contribution >= 4 is 17.7 Å². The van der Waals surface area contributed by atoms with Crippen molar-refractivity contribution in [3.05, 3.63) is 42.7 Å². The van der Waals surface area contributed by atoms with E-state index < -0.39 is 0 Å². The summed E-state index contributed by atoms with van der Waals surface area (Å²) in [6.07, 6.45) is 3.74. The van der Waals surface area contributed by atoms with Gasteiger partial charge in [0, 0.05) is 6.04 Å². The molecule has 1 aromatic carbocycles. The van der Waals surface area contributed by atoms with Gasteiger partial charge in [-0.15, -0.1) is 10.2 Å². The minimum absolute atomic E-state index is 0.0151. The van der Waals surface area contributed by atoms with E-state index in [2.05, 4.69) is 15.5 Å². The molecule has 3 aromatic rings. The molecular formula is C18H18N4O3S. The number of rotatable bonds is 7. The summed E-state index contributed by atoms with van der Waals surface area (Å²) in [5.74, 6) is 2.27. The summed E-state index contributed by atoms with van der Waals surface area (Å²) in [4.78, 5) is 12.0. The molecule has 1 N–H and O–H groups in total. The van der Waals surface area contributed by atoms with Crippen LogP contribution in [0.15, 0.2) is 52.2 Å². The normalized spacial score (nSPS) is 13.6. The van der Waals surface area contributed by atoms with Crippen molar-refractivity contribution in [1.29, 1.82) is 0 Å². The van der Waals surface area contributed by atoms with Gasteiger partial charge in [0.05, 0.1) is 24.8 Å². The van der Waals surface area contributed by atoms with E-state index >= 15 is 0 Å². The fourth-order valence-electron chi connectivity index (χ4n) is 2.52. The molecule has 0 spiro atoms. The zero-order chi connectivity index (χ0) is 17.9. The topological polar surface area (TPSA) is 82.2 Å². The van der Waals surface area contributed by atoms with Crippen LogP contribution in [0.3, 0.4) is 0 Å². The predicted molar refractivity (Wildman–Crippen MR) is 97.5 cm³/mol. The van der Waals surface area contributed by atoms with E-state index in [0.717, 1.165) is 24.3 Å². The van der Waals surface area contributed by atoms with Gasteiger partial charge in [0.2, 0.25) is 11.7 Å². The second-order valence-corrected chi connectivity index (χ2v) is 6.89. The quantitative estimate of drug-likeness (QED) is 0.644. The predicted octanol–water partition coefficient (Wildman–Crippen LogP) is 2.91. The van der Waals surface area contributed by atoms with Gasteiger partial charge >= 0.3 is 0 Å². The summed E-state index contributed by atoms with van der Waals surface area (Å²) in [7, 11) is 1.63. The molecule has 1 fully saturated rings. The van der Waals surface area contributed by atoms with Gasteiger partial charge < -0.3 is 14.5 Å². The van der Waals surface area contributed by atoms with E-state index in [1.807, 2.05) is 34.9 Å². The molecule has 1 saturated carbocycles. The summed E-state index contributed by atoms with van der Waals surface area (Å²) >= 11 is 1.35. The highest BCUT2D eigenvalue weighted by Gasteiger charge is 2.24. The zero-order valence-electron chi connectivity index (χ0n) is 14.2. The Labute approximate surface area is 154 Å². The number of furan rings is 1. The minimum atomic E-state index is 0.0151. The number of benzene rings is 1. The number of aromatic nitrogens is 3. The number of thioether (sulfide) groups is 1. The third-order valence-electron chi connectivity index (χ3n) is 3.98. The minimum Gasteiger partial charge on any atom is -0.497 e. The number of methoxy groups -OCH3 is 1. The molecule has 1 aliphatic rings. The largest absolute Gasteiger partial charge is 0.497 e. The molecule has 0 unspecified atom stereocenters. The maximum atomic E-state index is 12.0. The van der Waals surface area contributed by atoms with Crippen molar-refractivity contribution in [2.45, 2.75) is 24.0 Å². The van der Waals surface area contributed by atoms with Crippen molar-refractivity contribution in [3.8, 4) is 23.0 Å². The van der Waals surface area contributed by atoms with Crippen LogP contribution in [0.5, 0.6) is 5.75 Å². The fourth-order valence-corrected chi connectivity index (χ4v) is 3.28. The average molecular weight is 370 g/mol. The van der Waals surface area contributed by atoms with Crippen LogP contribution in [0, 0.1) is 0 Å². The zero-order valence-corrected chi connectivity index (χ0v) is 15.0. The molecule has 8 heteroatoms. The Morgan fingerprint density at radius 2 is 2.12 bits per heavy atom. The van der Waals surface area contributed by atoms with E-state index in [1.54, 1.807) is 19.4 Å². The van der Waals surface area contributed by atoms with Crippen molar-refractivity contribution in [1.82, 2.24) is 20.1 Å². The number of carbonyl (C=O) groups excluding carboxylic acids is 1. The van der Waals surface area contributed by atoms with Crippen LogP contribution >= 0.6 is 11.8 Å². The van der Waals surface area contributed by atoms with Crippen LogP contribution < -0.4 is 10.1 Å². The lowest BCUT2D eigenvalue weighted by Gasteiger charge is -2.10. The highest BCUT2D eigenvalue weighted by atomic mass is 32.2. The third kappa shape index (κ3) is 3.60. The number of nitrogens with one attached hydrogen (secondary N) is 1. The molecule has 7 nitrogen and oxygen atoms in total. The molecular weight excluding hydrogens is 352 g/mol. The van der Waals surface area contributed by atoms with Gasteiger partial charge in [0.25, 0.3) is 0 Å². The number of hydrogen-bond acceptors (Lipinski definition) is 6. The monoisotopic (exact) mass is 370 g/mol. The Morgan fingerprint density at radius 3 is 2.77 bits per heavy atom. The second-order valence-electron chi connectivity index (χ2n) is 5.95. The molecule has 4 rings (SSSR count). The Morgan fingerprint density at radius 1 is 1.31 bits per heavy atom. The molecule has 0 atom stereocenters. The molecule has 26 heavy (non-hydrogen) atoms. The molecule has 2 aromatic heterocycles. The number of amides is 1. The first-order chi connectivity index (χ1) is 12.7. The van der Waals surface area contributed by atoms with E-state index in [0.29, 0.717) is 28.5 Å². The fraction of sp³-hybridized carbons (Fsp3) is 0.278. The third-order valence-corrected chi connectivity index (χ3v) is 4.91. The van der Waals surface area contributed by atoms with Gasteiger partial charge in [-0.3, -0.25) is 9.36 Å². The SMILES string of the molecule is COc1ccc(-n2c(SCC(=O)NC3CC3)nnc2-c2ccco2)cc1. The molecule has 1 aliphatic carbocycles. The summed E-state index contributed by atoms with van der Waals surface area (Å²) in [5, 5.41) is 12.1. The van der Waals surface area contributed by atoms with Crippen LogP contribution in [-0.4, -0.2) is 39.6 Å². The van der Waals surface area contributed by atoms with Crippen molar-refractivity contribution in [3.63, 3.8) is 0 Å². The maximum Gasteiger partial charge on any atom is 0.230 e. The average Bonchev–Trinajstić information content (AvgIpc) is 3.14.